The van der Waals surface area contributed by atoms with Crippen LogP contribution in [-0.2, 0) is 0 Å². The Morgan fingerprint density at radius 3 is 2.73 bits per heavy atom. The van der Waals surface area contributed by atoms with Crippen molar-refractivity contribution in [3.05, 3.63) is 36.0 Å². The number of aliphatic hydroxyl groups is 1. The SMILES string of the molecule is CC(O)n1ccc2cc(C(=O)O)ccc21. The van der Waals surface area contributed by atoms with Crippen molar-refractivity contribution in [3.63, 3.8) is 0 Å². The molecular formula is C11H11NO3. The maximum absolute atomic E-state index is 10.7. The van der Waals surface area contributed by atoms with Crippen LogP contribution in [0, 0.1) is 0 Å². The molecule has 0 saturated heterocycles. The number of rotatable bonds is 2. The molecule has 0 radical (unpaired) electrons. The number of hydrogen-bond donors (Lipinski definition) is 2. The molecule has 0 spiro atoms. The van der Waals surface area contributed by atoms with Crippen molar-refractivity contribution in [2.45, 2.75) is 13.2 Å². The maximum atomic E-state index is 10.7. The summed E-state index contributed by atoms with van der Waals surface area (Å²) in [6.45, 7) is 1.66. The predicted octanol–water partition coefficient (Wildman–Crippen LogP) is 1.85. The van der Waals surface area contributed by atoms with E-state index in [2.05, 4.69) is 0 Å². The first-order chi connectivity index (χ1) is 7.09. The largest absolute Gasteiger partial charge is 0.478 e. The minimum Gasteiger partial charge on any atom is -0.478 e. The molecule has 0 amide bonds. The van der Waals surface area contributed by atoms with Crippen LogP contribution < -0.4 is 0 Å². The Morgan fingerprint density at radius 2 is 2.13 bits per heavy atom. The zero-order valence-corrected chi connectivity index (χ0v) is 8.21. The lowest BCUT2D eigenvalue weighted by atomic mass is 10.1. The van der Waals surface area contributed by atoms with Crippen LogP contribution in [0.3, 0.4) is 0 Å². The number of aromatic nitrogens is 1. The summed E-state index contributed by atoms with van der Waals surface area (Å²) in [5.74, 6) is -0.943. The molecule has 1 atom stereocenters. The van der Waals surface area contributed by atoms with Gasteiger partial charge in [0.05, 0.1) is 11.1 Å². The van der Waals surface area contributed by atoms with Crippen molar-refractivity contribution in [3.8, 4) is 0 Å². The number of carbonyl (C=O) groups is 1. The molecule has 0 bridgehead atoms. The molecule has 0 aliphatic heterocycles. The standard InChI is InChI=1S/C11H11NO3/c1-7(13)12-5-4-8-6-9(11(14)15)2-3-10(8)12/h2-7,13H,1H3,(H,14,15). The van der Waals surface area contributed by atoms with Gasteiger partial charge in [0.2, 0.25) is 0 Å². The van der Waals surface area contributed by atoms with E-state index in [1.54, 1.807) is 35.9 Å². The Labute approximate surface area is 86.4 Å². The van der Waals surface area contributed by atoms with E-state index < -0.39 is 12.2 Å². The van der Waals surface area contributed by atoms with E-state index in [1.807, 2.05) is 0 Å². The van der Waals surface area contributed by atoms with Gasteiger partial charge in [-0.3, -0.25) is 0 Å². The van der Waals surface area contributed by atoms with Gasteiger partial charge in [0, 0.05) is 11.6 Å². The Hall–Kier alpha value is -1.81. The van der Waals surface area contributed by atoms with E-state index in [0.717, 1.165) is 10.9 Å². The number of aromatic carboxylic acids is 1. The van der Waals surface area contributed by atoms with Crippen LogP contribution >= 0.6 is 0 Å². The Kier molecular flexibility index (Phi) is 2.21. The molecule has 0 aliphatic carbocycles. The Morgan fingerprint density at radius 1 is 1.40 bits per heavy atom. The number of aliphatic hydroxyl groups excluding tert-OH is 1. The second-order valence-corrected chi connectivity index (χ2v) is 3.43. The predicted molar refractivity (Wildman–Crippen MR) is 55.8 cm³/mol. The highest BCUT2D eigenvalue weighted by molar-refractivity contribution is 5.93. The summed E-state index contributed by atoms with van der Waals surface area (Å²) < 4.78 is 1.68. The highest BCUT2D eigenvalue weighted by Crippen LogP contribution is 2.20. The second-order valence-electron chi connectivity index (χ2n) is 3.43. The van der Waals surface area contributed by atoms with Crippen LogP contribution in [0.15, 0.2) is 30.5 Å². The zero-order chi connectivity index (χ0) is 11.0. The van der Waals surface area contributed by atoms with E-state index in [9.17, 15) is 9.90 Å². The summed E-state index contributed by atoms with van der Waals surface area (Å²) in [5, 5.41) is 19.1. The van der Waals surface area contributed by atoms with Gasteiger partial charge in [-0.25, -0.2) is 4.79 Å². The van der Waals surface area contributed by atoms with Gasteiger partial charge in [-0.15, -0.1) is 0 Å². The zero-order valence-electron chi connectivity index (χ0n) is 8.21. The van der Waals surface area contributed by atoms with Crippen LogP contribution in [0.5, 0.6) is 0 Å². The number of fused-ring (bicyclic) bond motifs is 1. The van der Waals surface area contributed by atoms with Crippen molar-refractivity contribution < 1.29 is 15.0 Å². The topological polar surface area (TPSA) is 62.5 Å². The summed E-state index contributed by atoms with van der Waals surface area (Å²) in [4.78, 5) is 10.7. The van der Waals surface area contributed by atoms with Crippen molar-refractivity contribution in [1.29, 1.82) is 0 Å². The molecule has 4 heteroatoms. The summed E-state index contributed by atoms with van der Waals surface area (Å²) in [6, 6.07) is 6.61. The summed E-state index contributed by atoms with van der Waals surface area (Å²) in [5.41, 5.74) is 1.08. The van der Waals surface area contributed by atoms with Crippen molar-refractivity contribution >= 4 is 16.9 Å². The van der Waals surface area contributed by atoms with Gasteiger partial charge in [-0.2, -0.15) is 0 Å². The van der Waals surface area contributed by atoms with Gasteiger partial charge in [0.25, 0.3) is 0 Å². The molecule has 2 aromatic rings. The third kappa shape index (κ3) is 1.59. The third-order valence-corrected chi connectivity index (χ3v) is 2.37. The van der Waals surface area contributed by atoms with Gasteiger partial charge in [-0.05, 0) is 31.2 Å². The Bertz CT molecular complexity index is 514. The van der Waals surface area contributed by atoms with Crippen LogP contribution in [0.2, 0.25) is 0 Å². The number of carboxylic acids is 1. The second kappa shape index (κ2) is 3.40. The van der Waals surface area contributed by atoms with Gasteiger partial charge >= 0.3 is 5.97 Å². The van der Waals surface area contributed by atoms with Crippen LogP contribution in [-0.4, -0.2) is 20.7 Å². The first-order valence-corrected chi connectivity index (χ1v) is 4.61. The minimum absolute atomic E-state index is 0.255. The molecule has 1 unspecified atom stereocenters. The Balaban J connectivity index is 2.61. The van der Waals surface area contributed by atoms with Crippen LogP contribution in [0.1, 0.15) is 23.5 Å². The number of nitrogens with zero attached hydrogens (tertiary/aromatic N) is 1. The fraction of sp³-hybridized carbons (Fsp3) is 0.182. The molecule has 2 N–H and O–H groups in total. The first-order valence-electron chi connectivity index (χ1n) is 4.61. The molecule has 0 saturated carbocycles. The third-order valence-electron chi connectivity index (χ3n) is 2.37. The van der Waals surface area contributed by atoms with E-state index in [1.165, 1.54) is 6.07 Å². The van der Waals surface area contributed by atoms with Crippen molar-refractivity contribution in [2.24, 2.45) is 0 Å². The van der Waals surface area contributed by atoms with Gasteiger partial charge in [-0.1, -0.05) is 0 Å². The first kappa shape index (κ1) is 9.73. The van der Waals surface area contributed by atoms with Crippen LogP contribution in [0.25, 0.3) is 10.9 Å². The van der Waals surface area contributed by atoms with Gasteiger partial charge in [0.15, 0.2) is 0 Å². The maximum Gasteiger partial charge on any atom is 0.335 e. The molecule has 78 valence electrons. The number of hydrogen-bond acceptors (Lipinski definition) is 2. The summed E-state index contributed by atoms with van der Waals surface area (Å²) in [7, 11) is 0. The van der Waals surface area contributed by atoms with Gasteiger partial charge < -0.3 is 14.8 Å². The molecule has 1 aromatic carbocycles. The van der Waals surface area contributed by atoms with Crippen molar-refractivity contribution in [1.82, 2.24) is 4.57 Å². The summed E-state index contributed by atoms with van der Waals surface area (Å²) in [6.07, 6.45) is 1.12. The lowest BCUT2D eigenvalue weighted by Crippen LogP contribution is -2.01. The fourth-order valence-corrected chi connectivity index (χ4v) is 1.62. The van der Waals surface area contributed by atoms with E-state index in [4.69, 9.17) is 5.11 Å². The molecule has 0 fully saturated rings. The average Bonchev–Trinajstić information content (AvgIpc) is 2.59. The number of carboxylic acid groups (broad SMARTS) is 1. The number of benzene rings is 1. The smallest absolute Gasteiger partial charge is 0.335 e. The molecule has 15 heavy (non-hydrogen) atoms. The molecular weight excluding hydrogens is 194 g/mol. The minimum atomic E-state index is -0.943. The molecule has 0 aliphatic rings. The highest BCUT2D eigenvalue weighted by Gasteiger charge is 2.08. The van der Waals surface area contributed by atoms with E-state index in [-0.39, 0.29) is 5.56 Å². The highest BCUT2D eigenvalue weighted by atomic mass is 16.4. The fourth-order valence-electron chi connectivity index (χ4n) is 1.62. The molecule has 1 aromatic heterocycles. The lowest BCUT2D eigenvalue weighted by Gasteiger charge is -2.07. The normalized spacial score (nSPS) is 12.9. The molecule has 4 nitrogen and oxygen atoms in total. The van der Waals surface area contributed by atoms with Crippen molar-refractivity contribution in [2.75, 3.05) is 0 Å². The van der Waals surface area contributed by atoms with E-state index >= 15 is 0 Å². The van der Waals surface area contributed by atoms with E-state index in [0.29, 0.717) is 0 Å². The van der Waals surface area contributed by atoms with Gasteiger partial charge in [0.1, 0.15) is 6.23 Å². The lowest BCUT2D eigenvalue weighted by molar-refractivity contribution is 0.0697. The quantitative estimate of drug-likeness (QED) is 0.786. The van der Waals surface area contributed by atoms with Crippen LogP contribution in [0.4, 0.5) is 0 Å². The summed E-state index contributed by atoms with van der Waals surface area (Å²) >= 11 is 0. The molecule has 2 rings (SSSR count). The monoisotopic (exact) mass is 205 g/mol. The molecule has 1 heterocycles. The average molecular weight is 205 g/mol.